The van der Waals surface area contributed by atoms with Gasteiger partial charge in [-0.25, -0.2) is 14.5 Å². The normalized spacial score (nSPS) is 11.7. The van der Waals surface area contributed by atoms with Gasteiger partial charge in [0.2, 0.25) is 11.7 Å². The SMILES string of the molecule is O=c1c2cc(-c3ccc4c(c3)c3ccccc3n4-c3ccccc3)ccc2n2c3ccccc3nc2n1-c1nc(-c2ccccc2)nc(-c2ccccc2)n1. The number of aromatic nitrogens is 7. The highest BCUT2D eigenvalue weighted by Crippen LogP contribution is 2.36. The molecule has 0 atom stereocenters. The van der Waals surface area contributed by atoms with Gasteiger partial charge in [-0.3, -0.25) is 9.20 Å². The quantitative estimate of drug-likeness (QED) is 0.178. The van der Waals surface area contributed by atoms with Crippen molar-refractivity contribution in [3.05, 3.63) is 186 Å². The molecule has 8 nitrogen and oxygen atoms in total. The Morgan fingerprint density at radius 1 is 0.382 bits per heavy atom. The van der Waals surface area contributed by atoms with Gasteiger partial charge in [-0.05, 0) is 65.7 Å². The number of benzene rings is 7. The monoisotopic (exact) mass is 707 g/mol. The molecule has 4 aromatic heterocycles. The molecule has 0 fully saturated rings. The van der Waals surface area contributed by atoms with Crippen LogP contribution in [0.2, 0.25) is 0 Å². The van der Waals surface area contributed by atoms with Crippen LogP contribution in [0, 0.1) is 0 Å². The van der Waals surface area contributed by atoms with E-state index in [4.69, 9.17) is 19.9 Å². The van der Waals surface area contributed by atoms with Gasteiger partial charge in [0.15, 0.2) is 11.6 Å². The summed E-state index contributed by atoms with van der Waals surface area (Å²) < 4.78 is 5.86. The number of fused-ring (bicyclic) bond motifs is 8. The van der Waals surface area contributed by atoms with Gasteiger partial charge in [0.25, 0.3) is 5.56 Å². The zero-order chi connectivity index (χ0) is 36.5. The number of imidazole rings is 1. The molecule has 0 N–H and O–H groups in total. The predicted molar refractivity (Wildman–Crippen MR) is 220 cm³/mol. The molecular formula is C47H29N7O. The summed E-state index contributed by atoms with van der Waals surface area (Å²) in [6.45, 7) is 0. The lowest BCUT2D eigenvalue weighted by atomic mass is 10.0. The second-order valence-electron chi connectivity index (χ2n) is 13.5. The van der Waals surface area contributed by atoms with Crippen LogP contribution in [0.5, 0.6) is 0 Å². The Hall–Kier alpha value is -7.71. The molecule has 0 aliphatic carbocycles. The zero-order valence-corrected chi connectivity index (χ0v) is 29.3. The first-order valence-corrected chi connectivity index (χ1v) is 18.1. The first kappa shape index (κ1) is 30.9. The lowest BCUT2D eigenvalue weighted by Crippen LogP contribution is -2.24. The smallest absolute Gasteiger partial charge is 0.269 e. The maximum absolute atomic E-state index is 15.1. The summed E-state index contributed by atoms with van der Waals surface area (Å²) in [6.07, 6.45) is 0. The molecule has 55 heavy (non-hydrogen) atoms. The molecule has 7 aromatic carbocycles. The summed E-state index contributed by atoms with van der Waals surface area (Å²) in [5, 5.41) is 2.82. The molecule has 0 aliphatic rings. The molecular weight excluding hydrogens is 679 g/mol. The van der Waals surface area contributed by atoms with E-state index in [-0.39, 0.29) is 11.5 Å². The van der Waals surface area contributed by atoms with Gasteiger partial charge >= 0.3 is 0 Å². The van der Waals surface area contributed by atoms with Gasteiger partial charge in [0.1, 0.15) is 0 Å². The molecule has 0 saturated carbocycles. The van der Waals surface area contributed by atoms with Gasteiger partial charge in [-0.2, -0.15) is 9.97 Å². The third kappa shape index (κ3) is 4.89. The molecule has 0 amide bonds. The lowest BCUT2D eigenvalue weighted by molar-refractivity contribution is 0.876. The van der Waals surface area contributed by atoms with Crippen LogP contribution in [-0.4, -0.2) is 33.5 Å². The molecule has 0 saturated heterocycles. The largest absolute Gasteiger partial charge is 0.309 e. The number of hydrogen-bond donors (Lipinski definition) is 0. The van der Waals surface area contributed by atoms with Crippen molar-refractivity contribution in [3.8, 4) is 45.5 Å². The van der Waals surface area contributed by atoms with Crippen LogP contribution < -0.4 is 5.56 Å². The van der Waals surface area contributed by atoms with Gasteiger partial charge in [0.05, 0.1) is 33.0 Å². The van der Waals surface area contributed by atoms with Gasteiger partial charge < -0.3 is 4.57 Å². The van der Waals surface area contributed by atoms with E-state index in [0.717, 1.165) is 66.3 Å². The molecule has 8 heteroatoms. The fourth-order valence-electron chi connectivity index (χ4n) is 7.78. The van der Waals surface area contributed by atoms with Crippen LogP contribution in [0.3, 0.4) is 0 Å². The van der Waals surface area contributed by atoms with Crippen molar-refractivity contribution in [2.45, 2.75) is 0 Å². The van der Waals surface area contributed by atoms with Crippen molar-refractivity contribution in [3.63, 3.8) is 0 Å². The Kier molecular flexibility index (Phi) is 6.84. The minimum atomic E-state index is -0.273. The molecule has 258 valence electrons. The Balaban J connectivity index is 1.17. The Labute approximate surface area is 313 Å². The van der Waals surface area contributed by atoms with Crippen LogP contribution >= 0.6 is 0 Å². The van der Waals surface area contributed by atoms with E-state index in [9.17, 15) is 0 Å². The van der Waals surface area contributed by atoms with Crippen LogP contribution in [-0.2, 0) is 0 Å². The van der Waals surface area contributed by atoms with Crippen molar-refractivity contribution in [2.24, 2.45) is 0 Å². The molecule has 0 radical (unpaired) electrons. The summed E-state index contributed by atoms with van der Waals surface area (Å²) in [7, 11) is 0. The standard InChI is InChI=1S/C47H29N7O/c55-45-37-29-33(32-24-26-40-36(28-32)35-20-10-12-22-39(35)52(40)34-18-8-3-9-19-34)25-27-41(37)53-42-23-13-11-21-38(42)48-47(53)54(45)46-50-43(30-14-4-1-5-15-30)49-44(51-46)31-16-6-2-7-17-31/h1-29H. The maximum Gasteiger partial charge on any atom is 0.269 e. The van der Waals surface area contributed by atoms with E-state index < -0.39 is 0 Å². The second kappa shape index (κ2) is 12.2. The minimum absolute atomic E-state index is 0.195. The van der Waals surface area contributed by atoms with E-state index in [1.165, 1.54) is 4.57 Å². The highest BCUT2D eigenvalue weighted by molar-refractivity contribution is 6.10. The van der Waals surface area contributed by atoms with Crippen molar-refractivity contribution in [1.82, 2.24) is 33.5 Å². The molecule has 11 aromatic rings. The summed E-state index contributed by atoms with van der Waals surface area (Å²) in [4.78, 5) is 34.8. The highest BCUT2D eigenvalue weighted by Gasteiger charge is 2.22. The number of hydrogen-bond acceptors (Lipinski definition) is 5. The van der Waals surface area contributed by atoms with Crippen molar-refractivity contribution in [2.75, 3.05) is 0 Å². The first-order valence-electron chi connectivity index (χ1n) is 18.1. The molecule has 0 aliphatic heterocycles. The van der Waals surface area contributed by atoms with Crippen LogP contribution in [0.1, 0.15) is 0 Å². The highest BCUT2D eigenvalue weighted by atomic mass is 16.1. The fraction of sp³-hybridized carbons (Fsp3) is 0. The average molecular weight is 708 g/mol. The summed E-state index contributed by atoms with van der Waals surface area (Å²) >= 11 is 0. The van der Waals surface area contributed by atoms with E-state index in [2.05, 4.69) is 77.4 Å². The zero-order valence-electron chi connectivity index (χ0n) is 29.3. The Morgan fingerprint density at radius 2 is 0.927 bits per heavy atom. The van der Waals surface area contributed by atoms with E-state index in [1.54, 1.807) is 0 Å². The number of rotatable bonds is 5. The van der Waals surface area contributed by atoms with Crippen LogP contribution in [0.25, 0.3) is 95.1 Å². The maximum atomic E-state index is 15.1. The molecule has 0 unspecified atom stereocenters. The Bertz CT molecular complexity index is 3270. The second-order valence-corrected chi connectivity index (χ2v) is 13.5. The molecule has 11 rings (SSSR count). The first-order chi connectivity index (χ1) is 27.2. The average Bonchev–Trinajstić information content (AvgIpc) is 3.80. The summed E-state index contributed by atoms with van der Waals surface area (Å²) in [5.74, 6) is 1.54. The molecule has 4 heterocycles. The van der Waals surface area contributed by atoms with E-state index in [0.29, 0.717) is 22.8 Å². The predicted octanol–water partition coefficient (Wildman–Crippen LogP) is 10.1. The summed E-state index contributed by atoms with van der Waals surface area (Å²) in [6, 6.07) is 59.0. The van der Waals surface area contributed by atoms with Crippen LogP contribution in [0.15, 0.2) is 181 Å². The topological polar surface area (TPSA) is 82.9 Å². The molecule has 0 bridgehead atoms. The third-order valence-electron chi connectivity index (χ3n) is 10.3. The van der Waals surface area contributed by atoms with Crippen molar-refractivity contribution in [1.29, 1.82) is 0 Å². The van der Waals surface area contributed by atoms with E-state index >= 15 is 4.79 Å². The van der Waals surface area contributed by atoms with E-state index in [1.807, 2.05) is 108 Å². The van der Waals surface area contributed by atoms with Crippen LogP contribution in [0.4, 0.5) is 0 Å². The minimum Gasteiger partial charge on any atom is -0.309 e. The van der Waals surface area contributed by atoms with Gasteiger partial charge in [-0.15, -0.1) is 0 Å². The third-order valence-corrected chi connectivity index (χ3v) is 10.3. The fourth-order valence-corrected chi connectivity index (χ4v) is 7.78. The van der Waals surface area contributed by atoms with Gasteiger partial charge in [0, 0.05) is 27.6 Å². The Morgan fingerprint density at radius 3 is 1.62 bits per heavy atom. The lowest BCUT2D eigenvalue weighted by Gasteiger charge is -2.13. The number of nitrogens with zero attached hydrogens (tertiary/aromatic N) is 7. The van der Waals surface area contributed by atoms with Gasteiger partial charge in [-0.1, -0.05) is 121 Å². The van der Waals surface area contributed by atoms with Crippen molar-refractivity contribution < 1.29 is 0 Å². The molecule has 0 spiro atoms. The summed E-state index contributed by atoms with van der Waals surface area (Å²) in [5.41, 5.74) is 9.01. The van der Waals surface area contributed by atoms with Crippen molar-refractivity contribution >= 4 is 49.5 Å². The number of para-hydroxylation sites is 4.